The number of carboxylic acid groups (broad SMARTS) is 1. The first-order valence-corrected chi connectivity index (χ1v) is 4.46. The van der Waals surface area contributed by atoms with Crippen LogP contribution < -0.4 is 6.15 Å². The zero-order chi connectivity index (χ0) is 10.2. The highest BCUT2D eigenvalue weighted by Crippen LogP contribution is 2.18. The Morgan fingerprint density at radius 2 is 1.64 bits per heavy atom. The van der Waals surface area contributed by atoms with Gasteiger partial charge in [0.2, 0.25) is 4.87 Å². The van der Waals surface area contributed by atoms with Gasteiger partial charge < -0.3 is 11.3 Å². The van der Waals surface area contributed by atoms with Gasteiger partial charge in [0, 0.05) is 0 Å². The molecule has 0 radical (unpaired) electrons. The third-order valence-electron chi connectivity index (χ3n) is 1.75. The van der Waals surface area contributed by atoms with Crippen LogP contribution in [0.15, 0.2) is 0 Å². The first-order valence-electron chi connectivity index (χ1n) is 3.02. The molecule has 0 saturated heterocycles. The summed E-state index contributed by atoms with van der Waals surface area (Å²) < 4.78 is 30.0. The Kier molecular flexibility index (Phi) is 7.11. The van der Waals surface area contributed by atoms with E-state index in [2.05, 4.69) is 0 Å². The molecule has 0 spiro atoms. The quantitative estimate of drug-likeness (QED) is 0.583. The van der Waals surface area contributed by atoms with E-state index in [9.17, 15) is 13.2 Å². The van der Waals surface area contributed by atoms with Crippen LogP contribution in [0.4, 0.5) is 0 Å². The predicted octanol–water partition coefficient (Wildman–Crippen LogP) is 0.0347. The van der Waals surface area contributed by atoms with E-state index >= 15 is 0 Å². The van der Waals surface area contributed by atoms with Crippen molar-refractivity contribution in [1.29, 1.82) is 0 Å². The van der Waals surface area contributed by atoms with Crippen molar-refractivity contribution in [2.24, 2.45) is 0 Å². The van der Waals surface area contributed by atoms with Gasteiger partial charge in [-0.2, -0.15) is 8.42 Å². The molecule has 5 N–H and O–H groups in total. The summed E-state index contributed by atoms with van der Waals surface area (Å²) >= 11 is 0. The van der Waals surface area contributed by atoms with Crippen LogP contribution in [0.2, 0.25) is 0 Å². The van der Waals surface area contributed by atoms with Crippen LogP contribution >= 0.6 is 0 Å². The van der Waals surface area contributed by atoms with E-state index in [4.69, 9.17) is 9.66 Å². The lowest BCUT2D eigenvalue weighted by Gasteiger charge is -2.28. The average molecular weight is 230 g/mol. The van der Waals surface area contributed by atoms with Crippen LogP contribution in [-0.2, 0) is 14.9 Å². The largest absolute Gasteiger partial charge is 0.479 e. The second-order valence-electron chi connectivity index (χ2n) is 2.66. The van der Waals surface area contributed by atoms with Gasteiger partial charge in [-0.25, -0.2) is 4.79 Å². The maximum Gasteiger partial charge on any atom is 0.342 e. The Balaban J connectivity index is -0.000000605. The first kappa shape index (κ1) is 19.0. The summed E-state index contributed by atoms with van der Waals surface area (Å²) in [6.07, 6.45) is 0. The Bertz CT molecular complexity index is 287. The molecule has 0 rings (SSSR count). The summed E-state index contributed by atoms with van der Waals surface area (Å²) in [5.74, 6) is -1.62. The minimum atomic E-state index is -4.64. The lowest BCUT2D eigenvalue weighted by molar-refractivity contribution is -0.144. The Morgan fingerprint density at radius 1 is 1.36 bits per heavy atom. The summed E-state index contributed by atoms with van der Waals surface area (Å²) in [6, 6.07) is 0. The molecule has 8 heteroatoms. The molecule has 0 amide bonds. The van der Waals surface area contributed by atoms with Gasteiger partial charge in [-0.15, -0.1) is 0 Å². The minimum absolute atomic E-state index is 0. The zero-order valence-electron chi connectivity index (χ0n) is 7.68. The number of rotatable bonds is 3. The van der Waals surface area contributed by atoms with Crippen molar-refractivity contribution in [3.63, 3.8) is 0 Å². The standard InChI is InChI=1S/C5H11NO5S.CH4.H3N/c1-5(4(7)8,6(2)3)12(9,10)11;;/h1-3H3,(H,7,8)(H,9,10,11);1H4;1H3. The number of carbonyl (C=O) groups is 1. The summed E-state index contributed by atoms with van der Waals surface area (Å²) in [5, 5.41) is 8.56. The monoisotopic (exact) mass is 230 g/mol. The van der Waals surface area contributed by atoms with E-state index in [0.29, 0.717) is 0 Å². The molecule has 0 bridgehead atoms. The number of aliphatic carboxylic acids is 1. The summed E-state index contributed by atoms with van der Waals surface area (Å²) in [5.41, 5.74) is 0. The number of hydrogen-bond donors (Lipinski definition) is 3. The fourth-order valence-corrected chi connectivity index (χ4v) is 1.21. The number of likely N-dealkylation sites (N-methyl/N-ethyl adjacent to an activating group) is 1. The average Bonchev–Trinajstić information content (AvgIpc) is 1.82. The number of carboxylic acids is 1. The van der Waals surface area contributed by atoms with Crippen LogP contribution in [-0.4, -0.2) is 47.9 Å². The molecule has 0 aliphatic carbocycles. The fourth-order valence-electron chi connectivity index (χ4n) is 0.532. The molecule has 0 saturated carbocycles. The molecular weight excluding hydrogens is 212 g/mol. The first-order chi connectivity index (χ1) is 5.14. The van der Waals surface area contributed by atoms with E-state index in [1.807, 2.05) is 0 Å². The van der Waals surface area contributed by atoms with Crippen molar-refractivity contribution in [3.05, 3.63) is 0 Å². The van der Waals surface area contributed by atoms with Crippen molar-refractivity contribution < 1.29 is 22.9 Å². The van der Waals surface area contributed by atoms with Gasteiger partial charge in [-0.3, -0.25) is 9.45 Å². The topological polar surface area (TPSA) is 130 Å². The van der Waals surface area contributed by atoms with E-state index in [-0.39, 0.29) is 13.6 Å². The third-order valence-corrected chi connectivity index (χ3v) is 3.30. The van der Waals surface area contributed by atoms with E-state index < -0.39 is 21.0 Å². The maximum atomic E-state index is 10.7. The normalized spacial score (nSPS) is 14.9. The summed E-state index contributed by atoms with van der Waals surface area (Å²) in [6.45, 7) is 0.907. The molecule has 0 aliphatic rings. The van der Waals surface area contributed by atoms with Gasteiger partial charge in [-0.1, -0.05) is 7.43 Å². The SMILES string of the molecule is C.CN(C)C(C)(C(=O)O)S(=O)(=O)O.N. The molecular formula is C6H18N2O5S. The molecule has 0 aliphatic heterocycles. The van der Waals surface area contributed by atoms with Crippen LogP contribution in [0.25, 0.3) is 0 Å². The molecule has 0 aromatic rings. The fraction of sp³-hybridized carbons (Fsp3) is 0.833. The molecule has 1 unspecified atom stereocenters. The predicted molar refractivity (Wildman–Crippen MR) is 53.0 cm³/mol. The van der Waals surface area contributed by atoms with Crippen LogP contribution in [0, 0.1) is 0 Å². The van der Waals surface area contributed by atoms with Crippen LogP contribution in [0.1, 0.15) is 14.4 Å². The van der Waals surface area contributed by atoms with Crippen LogP contribution in [0.5, 0.6) is 0 Å². The molecule has 0 aromatic carbocycles. The second kappa shape index (κ2) is 5.25. The molecule has 7 nitrogen and oxygen atoms in total. The van der Waals surface area contributed by atoms with E-state index in [1.165, 1.54) is 14.1 Å². The van der Waals surface area contributed by atoms with Crippen molar-refractivity contribution >= 4 is 16.1 Å². The number of nitrogens with zero attached hydrogens (tertiary/aromatic N) is 1. The summed E-state index contributed by atoms with van der Waals surface area (Å²) in [7, 11) is -2.13. The molecule has 0 fully saturated rings. The van der Waals surface area contributed by atoms with Gasteiger partial charge in [0.05, 0.1) is 0 Å². The van der Waals surface area contributed by atoms with Gasteiger partial charge in [0.15, 0.2) is 0 Å². The van der Waals surface area contributed by atoms with Gasteiger partial charge in [0.1, 0.15) is 0 Å². The molecule has 0 aromatic heterocycles. The van der Waals surface area contributed by atoms with E-state index in [0.717, 1.165) is 11.8 Å². The highest BCUT2D eigenvalue weighted by atomic mass is 32.2. The Morgan fingerprint density at radius 3 is 1.64 bits per heavy atom. The maximum absolute atomic E-state index is 10.7. The van der Waals surface area contributed by atoms with Gasteiger partial charge in [0.25, 0.3) is 10.1 Å². The summed E-state index contributed by atoms with van der Waals surface area (Å²) in [4.78, 5) is 9.15. The Hall–Kier alpha value is -0.700. The lowest BCUT2D eigenvalue weighted by atomic mass is 10.3. The zero-order valence-corrected chi connectivity index (χ0v) is 8.50. The number of hydrogen-bond acceptors (Lipinski definition) is 5. The van der Waals surface area contributed by atoms with Crippen molar-refractivity contribution in [3.8, 4) is 0 Å². The van der Waals surface area contributed by atoms with Crippen molar-refractivity contribution in [1.82, 2.24) is 11.1 Å². The smallest absolute Gasteiger partial charge is 0.342 e. The third kappa shape index (κ3) is 2.91. The van der Waals surface area contributed by atoms with Crippen LogP contribution in [0.3, 0.4) is 0 Å². The van der Waals surface area contributed by atoms with E-state index in [1.54, 1.807) is 0 Å². The highest BCUT2D eigenvalue weighted by Gasteiger charge is 2.48. The highest BCUT2D eigenvalue weighted by molar-refractivity contribution is 7.88. The molecule has 88 valence electrons. The minimum Gasteiger partial charge on any atom is -0.479 e. The molecule has 1 atom stereocenters. The molecule has 14 heavy (non-hydrogen) atoms. The lowest BCUT2D eigenvalue weighted by Crippen LogP contribution is -2.54. The Labute approximate surface area is 84.0 Å². The van der Waals surface area contributed by atoms with Gasteiger partial charge in [-0.05, 0) is 21.0 Å². The second-order valence-corrected chi connectivity index (χ2v) is 4.40. The van der Waals surface area contributed by atoms with Crippen molar-refractivity contribution in [2.45, 2.75) is 19.2 Å². The van der Waals surface area contributed by atoms with Crippen molar-refractivity contribution in [2.75, 3.05) is 14.1 Å². The van der Waals surface area contributed by atoms with Gasteiger partial charge >= 0.3 is 5.97 Å². The molecule has 0 heterocycles.